The van der Waals surface area contributed by atoms with Gasteiger partial charge in [0.05, 0.1) is 27.7 Å². The summed E-state index contributed by atoms with van der Waals surface area (Å²) in [6.07, 6.45) is -0.229. The van der Waals surface area contributed by atoms with E-state index in [0.29, 0.717) is 6.61 Å². The molecule has 150 valence electrons. The van der Waals surface area contributed by atoms with Crippen LogP contribution in [0.15, 0.2) is 91.0 Å². The van der Waals surface area contributed by atoms with Crippen molar-refractivity contribution in [3.63, 3.8) is 0 Å². The van der Waals surface area contributed by atoms with E-state index in [-0.39, 0.29) is 12.2 Å². The molecule has 3 aromatic carbocycles. The van der Waals surface area contributed by atoms with Crippen LogP contribution in [0.2, 0.25) is 0 Å². The van der Waals surface area contributed by atoms with Crippen molar-refractivity contribution in [2.24, 2.45) is 0 Å². The summed E-state index contributed by atoms with van der Waals surface area (Å²) in [5, 5.41) is 0. The van der Waals surface area contributed by atoms with E-state index in [1.807, 2.05) is 18.2 Å². The third kappa shape index (κ3) is 4.13. The van der Waals surface area contributed by atoms with Gasteiger partial charge in [0.25, 0.3) is 0 Å². The number of hydrogen-bond donors (Lipinski definition) is 0. The van der Waals surface area contributed by atoms with E-state index in [1.54, 1.807) is 0 Å². The topological polar surface area (TPSA) is 18.5 Å². The largest absolute Gasteiger partial charge is 0.367 e. The van der Waals surface area contributed by atoms with Gasteiger partial charge in [0.1, 0.15) is 24.4 Å². The molecule has 3 nitrogen and oxygen atoms in total. The van der Waals surface area contributed by atoms with Crippen LogP contribution in [0.5, 0.6) is 0 Å². The molecule has 1 saturated heterocycles. The third-order valence-electron chi connectivity index (χ3n) is 5.43. The van der Waals surface area contributed by atoms with E-state index in [1.165, 1.54) is 0 Å². The minimum absolute atomic E-state index is 0.00428. The molecule has 0 bridgehead atoms. The molecule has 29 heavy (non-hydrogen) atoms. The lowest BCUT2D eigenvalue weighted by Gasteiger charge is -2.48. The molecule has 0 amide bonds. The van der Waals surface area contributed by atoms with Gasteiger partial charge in [0, 0.05) is 0 Å². The third-order valence-corrected chi connectivity index (χ3v) is 5.43. The van der Waals surface area contributed by atoms with Gasteiger partial charge in [-0.3, -0.25) is 0 Å². The second kappa shape index (κ2) is 8.11. The summed E-state index contributed by atoms with van der Waals surface area (Å²) in [6, 6.07) is 31.5. The summed E-state index contributed by atoms with van der Waals surface area (Å²) < 4.78 is 14.5. The van der Waals surface area contributed by atoms with E-state index in [2.05, 4.69) is 93.9 Å². The summed E-state index contributed by atoms with van der Waals surface area (Å²) in [6.45, 7) is 1.46. The van der Waals surface area contributed by atoms with Crippen LogP contribution in [0, 0.1) is 0 Å². The van der Waals surface area contributed by atoms with Crippen molar-refractivity contribution in [2.45, 2.75) is 17.8 Å². The van der Waals surface area contributed by atoms with E-state index in [0.717, 1.165) is 27.7 Å². The number of likely N-dealkylation sites (N-methyl/N-ethyl adjacent to an activating group) is 1. The maximum absolute atomic E-state index is 7.05. The zero-order chi connectivity index (χ0) is 20.3. The Morgan fingerprint density at radius 1 is 0.759 bits per heavy atom. The lowest BCUT2D eigenvalue weighted by atomic mass is 9.77. The Bertz CT molecular complexity index is 864. The van der Waals surface area contributed by atoms with Gasteiger partial charge in [-0.05, 0) is 16.7 Å². The number of ether oxygens (including phenoxy) is 2. The molecule has 0 aromatic heterocycles. The Hall–Kier alpha value is -2.46. The number of rotatable bonds is 5. The highest BCUT2D eigenvalue weighted by molar-refractivity contribution is 5.41. The van der Waals surface area contributed by atoms with Crippen molar-refractivity contribution in [2.75, 3.05) is 34.3 Å². The average Bonchev–Trinajstić information content (AvgIpc) is 2.74. The van der Waals surface area contributed by atoms with Crippen molar-refractivity contribution < 1.29 is 14.0 Å². The highest BCUT2D eigenvalue weighted by atomic mass is 16.6. The van der Waals surface area contributed by atoms with Gasteiger partial charge in [0.2, 0.25) is 0 Å². The fourth-order valence-electron chi connectivity index (χ4n) is 4.32. The molecule has 0 saturated carbocycles. The first kappa shape index (κ1) is 19.8. The van der Waals surface area contributed by atoms with Crippen LogP contribution in [-0.2, 0) is 15.1 Å². The molecule has 1 aliphatic rings. The van der Waals surface area contributed by atoms with Gasteiger partial charge in [0.15, 0.2) is 0 Å². The Kier molecular flexibility index (Phi) is 5.55. The molecule has 0 N–H and O–H groups in total. The summed E-state index contributed by atoms with van der Waals surface area (Å²) >= 11 is 0. The number of nitrogens with zero attached hydrogens (tertiary/aromatic N) is 1. The maximum Gasteiger partial charge on any atom is 0.149 e. The Labute approximate surface area is 174 Å². The standard InChI is InChI=1S/C26H30NO2/c1-27(2,3)19-24-20-28-25(21-13-7-4-8-14-21)26(29-24,22-15-9-5-10-16-22)23-17-11-6-12-18-23/h4-18,24-25H,19-20H2,1-3H3/q+1/t24-,25+/m1/s1. The molecule has 0 radical (unpaired) electrons. The van der Waals surface area contributed by atoms with E-state index in [4.69, 9.17) is 9.47 Å². The van der Waals surface area contributed by atoms with Crippen LogP contribution >= 0.6 is 0 Å². The summed E-state index contributed by atoms with van der Waals surface area (Å²) in [7, 11) is 6.58. The van der Waals surface area contributed by atoms with Gasteiger partial charge < -0.3 is 14.0 Å². The molecule has 2 atom stereocenters. The molecular weight excluding hydrogens is 358 g/mol. The van der Waals surface area contributed by atoms with Crippen LogP contribution < -0.4 is 0 Å². The Balaban J connectivity index is 1.89. The zero-order valence-corrected chi connectivity index (χ0v) is 17.5. The van der Waals surface area contributed by atoms with Gasteiger partial charge in [-0.2, -0.15) is 0 Å². The summed E-state index contributed by atoms with van der Waals surface area (Å²) in [5.74, 6) is 0. The fraction of sp³-hybridized carbons (Fsp3) is 0.308. The Morgan fingerprint density at radius 3 is 1.72 bits per heavy atom. The summed E-state index contributed by atoms with van der Waals surface area (Å²) in [4.78, 5) is 0. The number of benzene rings is 3. The predicted molar refractivity (Wildman–Crippen MR) is 117 cm³/mol. The second-order valence-electron chi connectivity index (χ2n) is 8.80. The van der Waals surface area contributed by atoms with Gasteiger partial charge in [-0.15, -0.1) is 0 Å². The molecular formula is C26H30NO2+. The van der Waals surface area contributed by atoms with E-state index in [9.17, 15) is 0 Å². The highest BCUT2D eigenvalue weighted by Gasteiger charge is 2.50. The van der Waals surface area contributed by atoms with Gasteiger partial charge in [-0.1, -0.05) is 91.0 Å². The SMILES string of the molecule is C[N+](C)(C)C[C@@H]1CO[C@@H](c2ccccc2)C(c2ccccc2)(c2ccccc2)O1. The first-order valence-electron chi connectivity index (χ1n) is 10.2. The molecule has 0 aliphatic carbocycles. The minimum Gasteiger partial charge on any atom is -0.367 e. The highest BCUT2D eigenvalue weighted by Crippen LogP contribution is 2.49. The van der Waals surface area contributed by atoms with E-state index >= 15 is 0 Å². The molecule has 3 heteroatoms. The molecule has 3 aromatic rings. The van der Waals surface area contributed by atoms with Gasteiger partial charge in [-0.25, -0.2) is 0 Å². The molecule has 4 rings (SSSR count). The second-order valence-corrected chi connectivity index (χ2v) is 8.80. The van der Waals surface area contributed by atoms with Crippen molar-refractivity contribution in [1.29, 1.82) is 0 Å². The smallest absolute Gasteiger partial charge is 0.149 e. The maximum atomic E-state index is 7.05. The van der Waals surface area contributed by atoms with Crippen molar-refractivity contribution in [3.05, 3.63) is 108 Å². The Morgan fingerprint density at radius 2 is 1.24 bits per heavy atom. The van der Waals surface area contributed by atoms with Crippen LogP contribution in [-0.4, -0.2) is 44.9 Å². The number of hydrogen-bond acceptors (Lipinski definition) is 2. The molecule has 1 aliphatic heterocycles. The van der Waals surface area contributed by atoms with Crippen LogP contribution in [0.25, 0.3) is 0 Å². The normalized spacial score (nSPS) is 21.6. The first-order valence-corrected chi connectivity index (χ1v) is 10.2. The van der Waals surface area contributed by atoms with E-state index < -0.39 is 5.60 Å². The van der Waals surface area contributed by atoms with Crippen molar-refractivity contribution in [1.82, 2.24) is 0 Å². The fourth-order valence-corrected chi connectivity index (χ4v) is 4.32. The number of quaternary nitrogens is 1. The van der Waals surface area contributed by atoms with Crippen molar-refractivity contribution >= 4 is 0 Å². The monoisotopic (exact) mass is 388 g/mol. The minimum atomic E-state index is -0.706. The lowest BCUT2D eigenvalue weighted by Crippen LogP contribution is -2.53. The predicted octanol–water partition coefficient (Wildman–Crippen LogP) is 4.79. The lowest BCUT2D eigenvalue weighted by molar-refractivity contribution is -0.874. The quantitative estimate of drug-likeness (QED) is 0.585. The molecule has 1 heterocycles. The zero-order valence-electron chi connectivity index (χ0n) is 17.5. The van der Waals surface area contributed by atoms with Crippen molar-refractivity contribution in [3.8, 4) is 0 Å². The average molecular weight is 389 g/mol. The molecule has 0 spiro atoms. The molecule has 1 fully saturated rings. The van der Waals surface area contributed by atoms with Crippen LogP contribution in [0.1, 0.15) is 22.8 Å². The first-order chi connectivity index (χ1) is 14.0. The summed E-state index contributed by atoms with van der Waals surface area (Å²) in [5.41, 5.74) is 2.66. The van der Waals surface area contributed by atoms with Crippen LogP contribution in [0.4, 0.5) is 0 Å². The van der Waals surface area contributed by atoms with Gasteiger partial charge >= 0.3 is 0 Å². The molecule has 0 unspecified atom stereocenters. The van der Waals surface area contributed by atoms with Crippen LogP contribution in [0.3, 0.4) is 0 Å².